The third-order valence-electron chi connectivity index (χ3n) is 4.52. The van der Waals surface area contributed by atoms with E-state index in [9.17, 15) is 4.79 Å². The summed E-state index contributed by atoms with van der Waals surface area (Å²) < 4.78 is 6.17. The lowest BCUT2D eigenvalue weighted by Gasteiger charge is -2.14. The molecule has 2 heterocycles. The number of nitrogens with one attached hydrogen (secondary N) is 1. The first-order chi connectivity index (χ1) is 12.5. The highest BCUT2D eigenvalue weighted by molar-refractivity contribution is 6.31. The van der Waals surface area contributed by atoms with Crippen LogP contribution in [0.1, 0.15) is 53.0 Å². The average molecular weight is 384 g/mol. The number of aromatic nitrogens is 1. The van der Waals surface area contributed by atoms with E-state index in [2.05, 4.69) is 25.8 Å². The number of hydrogen-bond donors (Lipinski definition) is 1. The van der Waals surface area contributed by atoms with Crippen LogP contribution in [0, 0.1) is 5.41 Å². The molecule has 0 aliphatic heterocycles. The molecule has 0 saturated heterocycles. The van der Waals surface area contributed by atoms with Crippen LogP contribution in [0.15, 0.2) is 40.8 Å². The number of carbonyl (C=O) groups is 1. The Morgan fingerprint density at radius 1 is 1.07 bits per heavy atom. The Balaban J connectivity index is 2.17. The number of ketones is 1. The number of allylic oxidation sites excluding steroid dienone is 1. The minimum atomic E-state index is -0.421. The fraction of sp³-hybridized carbons (Fsp3) is 0.348. The Labute approximate surface area is 165 Å². The second kappa shape index (κ2) is 6.72. The number of benzene rings is 1. The molecule has 0 radical (unpaired) electrons. The number of rotatable bonds is 3. The van der Waals surface area contributed by atoms with Crippen LogP contribution in [-0.2, 0) is 10.2 Å². The molecule has 4 heteroatoms. The largest absolute Gasteiger partial charge is 0.460 e. The molecule has 3 nitrogen and oxygen atoms in total. The van der Waals surface area contributed by atoms with Gasteiger partial charge >= 0.3 is 0 Å². The maximum absolute atomic E-state index is 12.3. The number of halogens is 1. The predicted octanol–water partition coefficient (Wildman–Crippen LogP) is 7.01. The molecule has 3 rings (SSSR count). The standard InChI is InChI=1S/C23H26ClNO2/c1-22(2,3)19(26)11-9-17-21(15-13-14(24)7-8-16(15)25-17)18-10-12-20(27-18)23(4,5)6/h7-13,25H,1-6H3/b11-9+. The summed E-state index contributed by atoms with van der Waals surface area (Å²) in [4.78, 5) is 15.7. The molecular weight excluding hydrogens is 358 g/mol. The van der Waals surface area contributed by atoms with Crippen molar-refractivity contribution >= 4 is 34.4 Å². The van der Waals surface area contributed by atoms with Crippen molar-refractivity contribution < 1.29 is 9.21 Å². The van der Waals surface area contributed by atoms with Gasteiger partial charge in [0.2, 0.25) is 0 Å². The summed E-state index contributed by atoms with van der Waals surface area (Å²) in [6.07, 6.45) is 3.46. The van der Waals surface area contributed by atoms with Gasteiger partial charge in [-0.1, -0.05) is 53.1 Å². The van der Waals surface area contributed by atoms with Crippen LogP contribution in [0.2, 0.25) is 5.02 Å². The van der Waals surface area contributed by atoms with Gasteiger partial charge in [0.05, 0.1) is 11.3 Å². The number of H-pyrrole nitrogens is 1. The maximum atomic E-state index is 12.3. The van der Waals surface area contributed by atoms with Gasteiger partial charge in [-0.05, 0) is 42.5 Å². The van der Waals surface area contributed by atoms with Crippen LogP contribution in [0.5, 0.6) is 0 Å². The minimum absolute atomic E-state index is 0.0694. The van der Waals surface area contributed by atoms with Gasteiger partial charge in [-0.2, -0.15) is 0 Å². The Bertz CT molecular complexity index is 1020. The van der Waals surface area contributed by atoms with Crippen LogP contribution in [0.25, 0.3) is 28.3 Å². The summed E-state index contributed by atoms with van der Waals surface area (Å²) in [7, 11) is 0. The number of furan rings is 1. The fourth-order valence-electron chi connectivity index (χ4n) is 2.86. The SMILES string of the molecule is CC(C)(C)C(=O)/C=C/c1[nH]c2ccc(Cl)cc2c1-c1ccc(C(C)(C)C)o1. The van der Waals surface area contributed by atoms with E-state index >= 15 is 0 Å². The Kier molecular flexibility index (Phi) is 4.85. The summed E-state index contributed by atoms with van der Waals surface area (Å²) in [6, 6.07) is 9.70. The van der Waals surface area contributed by atoms with Gasteiger partial charge in [0, 0.05) is 26.8 Å². The van der Waals surface area contributed by atoms with E-state index in [0.29, 0.717) is 5.02 Å². The molecule has 142 valence electrons. The van der Waals surface area contributed by atoms with Gasteiger partial charge in [-0.3, -0.25) is 4.79 Å². The van der Waals surface area contributed by atoms with Gasteiger partial charge in [0.25, 0.3) is 0 Å². The molecule has 3 aromatic rings. The van der Waals surface area contributed by atoms with Crippen LogP contribution in [0.4, 0.5) is 0 Å². The van der Waals surface area contributed by atoms with Crippen molar-refractivity contribution in [1.82, 2.24) is 4.98 Å². The number of fused-ring (bicyclic) bond motifs is 1. The molecule has 0 aliphatic carbocycles. The van der Waals surface area contributed by atoms with Crippen LogP contribution >= 0.6 is 11.6 Å². The van der Waals surface area contributed by atoms with Gasteiger partial charge in [-0.25, -0.2) is 0 Å². The predicted molar refractivity (Wildman–Crippen MR) is 113 cm³/mol. The highest BCUT2D eigenvalue weighted by Crippen LogP contribution is 2.37. The van der Waals surface area contributed by atoms with Crippen molar-refractivity contribution in [2.45, 2.75) is 47.0 Å². The molecular formula is C23H26ClNO2. The summed E-state index contributed by atoms with van der Waals surface area (Å²) in [5, 5.41) is 1.63. The molecule has 1 N–H and O–H groups in total. The van der Waals surface area contributed by atoms with E-state index in [4.69, 9.17) is 16.0 Å². The van der Waals surface area contributed by atoms with E-state index in [1.54, 1.807) is 6.08 Å². The summed E-state index contributed by atoms with van der Waals surface area (Å²) in [5.41, 5.74) is 2.20. The zero-order chi connectivity index (χ0) is 20.0. The van der Waals surface area contributed by atoms with Gasteiger partial charge in [0.1, 0.15) is 11.5 Å². The lowest BCUT2D eigenvalue weighted by atomic mass is 9.90. The van der Waals surface area contributed by atoms with Crippen LogP contribution in [0.3, 0.4) is 0 Å². The molecule has 0 amide bonds. The highest BCUT2D eigenvalue weighted by atomic mass is 35.5. The molecule has 0 unspecified atom stereocenters. The summed E-state index contributed by atoms with van der Waals surface area (Å²) in [5.74, 6) is 1.74. The normalized spacial score (nSPS) is 13.0. The lowest BCUT2D eigenvalue weighted by molar-refractivity contribution is -0.121. The monoisotopic (exact) mass is 383 g/mol. The second-order valence-corrected chi connectivity index (χ2v) is 9.40. The van der Waals surface area contributed by atoms with Crippen molar-refractivity contribution in [3.8, 4) is 11.3 Å². The van der Waals surface area contributed by atoms with E-state index in [0.717, 1.165) is 33.7 Å². The summed E-state index contributed by atoms with van der Waals surface area (Å²) >= 11 is 6.24. The van der Waals surface area contributed by atoms with Crippen molar-refractivity contribution in [2.75, 3.05) is 0 Å². The van der Waals surface area contributed by atoms with E-state index < -0.39 is 5.41 Å². The third-order valence-corrected chi connectivity index (χ3v) is 4.76. The number of hydrogen-bond acceptors (Lipinski definition) is 2. The Hall–Kier alpha value is -2.26. The van der Waals surface area contributed by atoms with Crippen molar-refractivity contribution in [3.63, 3.8) is 0 Å². The molecule has 0 aliphatic rings. The number of aromatic amines is 1. The molecule has 0 saturated carbocycles. The molecule has 0 bridgehead atoms. The fourth-order valence-corrected chi connectivity index (χ4v) is 3.03. The lowest BCUT2D eigenvalue weighted by Crippen LogP contribution is -2.17. The smallest absolute Gasteiger partial charge is 0.161 e. The third kappa shape index (κ3) is 4.03. The molecule has 0 atom stereocenters. The maximum Gasteiger partial charge on any atom is 0.161 e. The average Bonchev–Trinajstić information content (AvgIpc) is 3.14. The van der Waals surface area contributed by atoms with Gasteiger partial charge < -0.3 is 9.40 Å². The Morgan fingerprint density at radius 2 is 1.78 bits per heavy atom. The Morgan fingerprint density at radius 3 is 2.37 bits per heavy atom. The van der Waals surface area contributed by atoms with Gasteiger partial charge in [-0.15, -0.1) is 0 Å². The van der Waals surface area contributed by atoms with Crippen LogP contribution in [-0.4, -0.2) is 10.8 Å². The van der Waals surface area contributed by atoms with E-state index in [1.165, 1.54) is 0 Å². The zero-order valence-electron chi connectivity index (χ0n) is 16.7. The summed E-state index contributed by atoms with van der Waals surface area (Å²) in [6.45, 7) is 12.1. The second-order valence-electron chi connectivity index (χ2n) is 8.97. The highest BCUT2D eigenvalue weighted by Gasteiger charge is 2.22. The van der Waals surface area contributed by atoms with Crippen molar-refractivity contribution in [3.05, 3.63) is 52.9 Å². The van der Waals surface area contributed by atoms with Crippen molar-refractivity contribution in [2.24, 2.45) is 5.41 Å². The van der Waals surface area contributed by atoms with E-state index in [1.807, 2.05) is 57.2 Å². The van der Waals surface area contributed by atoms with Gasteiger partial charge in [0.15, 0.2) is 5.78 Å². The molecule has 1 aromatic carbocycles. The molecule has 2 aromatic heterocycles. The molecule has 0 spiro atoms. The first-order valence-electron chi connectivity index (χ1n) is 9.11. The topological polar surface area (TPSA) is 46.0 Å². The first kappa shape index (κ1) is 19.5. The molecule has 0 fully saturated rings. The molecule has 27 heavy (non-hydrogen) atoms. The minimum Gasteiger partial charge on any atom is -0.460 e. The number of carbonyl (C=O) groups excluding carboxylic acids is 1. The van der Waals surface area contributed by atoms with Crippen molar-refractivity contribution in [1.29, 1.82) is 0 Å². The van der Waals surface area contributed by atoms with Crippen LogP contribution < -0.4 is 0 Å². The zero-order valence-corrected chi connectivity index (χ0v) is 17.5. The first-order valence-corrected chi connectivity index (χ1v) is 9.49. The quantitative estimate of drug-likeness (QED) is 0.494. The van der Waals surface area contributed by atoms with E-state index in [-0.39, 0.29) is 11.2 Å².